The molecule has 1 fully saturated rings. The number of urea groups is 1. The highest BCUT2D eigenvalue weighted by atomic mass is 32.2. The Morgan fingerprint density at radius 2 is 1.88 bits per heavy atom. The normalized spacial score (nSPS) is 18.8. The number of hydrogen-bond acceptors (Lipinski definition) is 4. The van der Waals surface area contributed by atoms with Crippen LogP contribution in [-0.4, -0.2) is 51.0 Å². The van der Waals surface area contributed by atoms with E-state index in [1.54, 1.807) is 12.1 Å². The van der Waals surface area contributed by atoms with Crippen LogP contribution in [0.2, 0.25) is 0 Å². The zero-order chi connectivity index (χ0) is 17.6. The number of hydrogen-bond donors (Lipinski definition) is 3. The molecule has 0 unspecified atom stereocenters. The summed E-state index contributed by atoms with van der Waals surface area (Å²) in [5.74, 6) is -0.661. The van der Waals surface area contributed by atoms with E-state index in [-0.39, 0.29) is 29.8 Å². The molecule has 0 spiro atoms. The quantitative estimate of drug-likeness (QED) is 0.665. The van der Waals surface area contributed by atoms with Crippen molar-refractivity contribution in [3.05, 3.63) is 35.6 Å². The van der Waals surface area contributed by atoms with Crippen LogP contribution in [0, 0.1) is 5.82 Å². The van der Waals surface area contributed by atoms with Gasteiger partial charge in [0.05, 0.1) is 18.1 Å². The summed E-state index contributed by atoms with van der Waals surface area (Å²) in [5.41, 5.74) is 0.893. The summed E-state index contributed by atoms with van der Waals surface area (Å²) in [5, 5.41) is 7.56. The highest BCUT2D eigenvalue weighted by Crippen LogP contribution is 2.10. The molecular weight excluding hydrogens is 337 g/mol. The van der Waals surface area contributed by atoms with E-state index in [1.807, 2.05) is 0 Å². The second-order valence-corrected chi connectivity index (χ2v) is 7.88. The van der Waals surface area contributed by atoms with Crippen molar-refractivity contribution in [2.75, 3.05) is 24.6 Å². The molecule has 0 aromatic heterocycles. The average Bonchev–Trinajstić information content (AvgIpc) is 2.86. The van der Waals surface area contributed by atoms with Gasteiger partial charge in [-0.25, -0.2) is 17.6 Å². The van der Waals surface area contributed by atoms with Crippen LogP contribution in [0.4, 0.5) is 9.18 Å². The molecule has 1 saturated heterocycles. The lowest BCUT2D eigenvalue weighted by molar-refractivity contribution is -0.120. The Morgan fingerprint density at radius 3 is 2.50 bits per heavy atom. The predicted octanol–water partition coefficient (Wildman–Crippen LogP) is -0.0293. The van der Waals surface area contributed by atoms with E-state index in [1.165, 1.54) is 12.1 Å². The van der Waals surface area contributed by atoms with Crippen molar-refractivity contribution in [3.8, 4) is 0 Å². The smallest absolute Gasteiger partial charge is 0.315 e. The minimum Gasteiger partial charge on any atom is -0.354 e. The van der Waals surface area contributed by atoms with Gasteiger partial charge in [-0.2, -0.15) is 0 Å². The van der Waals surface area contributed by atoms with Gasteiger partial charge in [-0.3, -0.25) is 4.79 Å². The van der Waals surface area contributed by atoms with E-state index in [0.29, 0.717) is 19.4 Å². The molecule has 7 nitrogen and oxygen atoms in total. The summed E-state index contributed by atoms with van der Waals surface area (Å²) in [6, 6.07) is 5.02. The van der Waals surface area contributed by atoms with Crippen molar-refractivity contribution >= 4 is 21.8 Å². The van der Waals surface area contributed by atoms with Crippen molar-refractivity contribution in [2.24, 2.45) is 0 Å². The van der Waals surface area contributed by atoms with Gasteiger partial charge in [-0.15, -0.1) is 0 Å². The molecule has 24 heavy (non-hydrogen) atoms. The zero-order valence-corrected chi connectivity index (χ0v) is 13.9. The second kappa shape index (κ2) is 8.09. The molecule has 3 N–H and O–H groups in total. The molecule has 1 heterocycles. The number of carbonyl (C=O) groups excluding carboxylic acids is 2. The maximum atomic E-state index is 12.8. The topological polar surface area (TPSA) is 104 Å². The fraction of sp³-hybridized carbons (Fsp3) is 0.467. The molecular formula is C15H20FN3O4S. The molecule has 1 aliphatic rings. The van der Waals surface area contributed by atoms with E-state index < -0.39 is 21.9 Å². The summed E-state index contributed by atoms with van der Waals surface area (Å²) in [4.78, 5) is 23.2. The average molecular weight is 357 g/mol. The van der Waals surface area contributed by atoms with Gasteiger partial charge in [0.15, 0.2) is 9.84 Å². The lowest BCUT2D eigenvalue weighted by Gasteiger charge is -2.12. The molecule has 1 aliphatic heterocycles. The minimum atomic E-state index is -3.06. The summed E-state index contributed by atoms with van der Waals surface area (Å²) in [6.45, 7) is 0.170. The fourth-order valence-corrected chi connectivity index (χ4v) is 4.04. The third-order valence-corrected chi connectivity index (χ3v) is 5.39. The first kappa shape index (κ1) is 18.2. The zero-order valence-electron chi connectivity index (χ0n) is 13.0. The van der Waals surface area contributed by atoms with Crippen molar-refractivity contribution in [1.82, 2.24) is 16.0 Å². The Labute approximate surface area is 139 Å². The number of amides is 3. The number of sulfone groups is 1. The van der Waals surface area contributed by atoms with Gasteiger partial charge >= 0.3 is 6.03 Å². The standard InChI is InChI=1S/C15H20FN3O4S/c16-12-3-1-11(2-4-12)5-7-17-14(20)9-18-15(21)19-13-6-8-24(22,23)10-13/h1-4,13H,5-10H2,(H,17,20)(H2,18,19,21)/t13-/m0/s1. The van der Waals surface area contributed by atoms with Crippen LogP contribution in [0.25, 0.3) is 0 Å². The SMILES string of the molecule is O=C(CNC(=O)N[C@H]1CCS(=O)(=O)C1)NCCc1ccc(F)cc1. The van der Waals surface area contributed by atoms with Crippen LogP contribution < -0.4 is 16.0 Å². The highest BCUT2D eigenvalue weighted by molar-refractivity contribution is 7.91. The van der Waals surface area contributed by atoms with Crippen LogP contribution in [0.1, 0.15) is 12.0 Å². The Kier molecular flexibility index (Phi) is 6.13. The maximum absolute atomic E-state index is 12.8. The summed E-state index contributed by atoms with van der Waals surface area (Å²) >= 11 is 0. The molecule has 0 aliphatic carbocycles. The lowest BCUT2D eigenvalue weighted by atomic mass is 10.1. The van der Waals surface area contributed by atoms with Gasteiger partial charge < -0.3 is 16.0 Å². The Bertz CT molecular complexity index is 691. The predicted molar refractivity (Wildman–Crippen MR) is 86.7 cm³/mol. The Balaban J connectivity index is 1.60. The number of halogens is 1. The first-order chi connectivity index (χ1) is 11.3. The van der Waals surface area contributed by atoms with Crippen molar-refractivity contribution in [1.29, 1.82) is 0 Å². The van der Waals surface area contributed by atoms with E-state index in [4.69, 9.17) is 0 Å². The third kappa shape index (κ3) is 6.15. The molecule has 0 radical (unpaired) electrons. The van der Waals surface area contributed by atoms with Crippen molar-refractivity contribution in [3.63, 3.8) is 0 Å². The third-order valence-electron chi connectivity index (χ3n) is 3.63. The van der Waals surface area contributed by atoms with Gasteiger partial charge in [-0.1, -0.05) is 12.1 Å². The monoisotopic (exact) mass is 357 g/mol. The van der Waals surface area contributed by atoms with Crippen molar-refractivity contribution < 1.29 is 22.4 Å². The van der Waals surface area contributed by atoms with Gasteiger partial charge in [-0.05, 0) is 30.5 Å². The molecule has 2 rings (SSSR count). The molecule has 0 saturated carbocycles. The molecule has 1 aromatic rings. The largest absolute Gasteiger partial charge is 0.354 e. The Hall–Kier alpha value is -2.16. The molecule has 132 valence electrons. The molecule has 1 aromatic carbocycles. The highest BCUT2D eigenvalue weighted by Gasteiger charge is 2.28. The molecule has 3 amide bonds. The molecule has 9 heteroatoms. The van der Waals surface area contributed by atoms with Crippen LogP contribution in [0.3, 0.4) is 0 Å². The fourth-order valence-electron chi connectivity index (χ4n) is 2.37. The number of rotatable bonds is 6. The summed E-state index contributed by atoms with van der Waals surface area (Å²) in [6.07, 6.45) is 0.942. The van der Waals surface area contributed by atoms with Gasteiger partial charge in [0.25, 0.3) is 0 Å². The van der Waals surface area contributed by atoms with Gasteiger partial charge in [0.2, 0.25) is 5.91 Å². The van der Waals surface area contributed by atoms with E-state index >= 15 is 0 Å². The van der Waals surface area contributed by atoms with Gasteiger partial charge in [0.1, 0.15) is 5.82 Å². The minimum absolute atomic E-state index is 0.0652. The maximum Gasteiger partial charge on any atom is 0.315 e. The van der Waals surface area contributed by atoms with E-state index in [2.05, 4.69) is 16.0 Å². The van der Waals surface area contributed by atoms with Crippen LogP contribution >= 0.6 is 0 Å². The van der Waals surface area contributed by atoms with Gasteiger partial charge in [0, 0.05) is 12.6 Å². The van der Waals surface area contributed by atoms with Crippen molar-refractivity contribution in [2.45, 2.75) is 18.9 Å². The number of benzene rings is 1. The first-order valence-electron chi connectivity index (χ1n) is 7.60. The Morgan fingerprint density at radius 1 is 1.17 bits per heavy atom. The lowest BCUT2D eigenvalue weighted by Crippen LogP contribution is -2.46. The van der Waals surface area contributed by atoms with E-state index in [9.17, 15) is 22.4 Å². The number of carbonyl (C=O) groups is 2. The molecule has 0 bridgehead atoms. The van der Waals surface area contributed by atoms with E-state index in [0.717, 1.165) is 5.56 Å². The van der Waals surface area contributed by atoms with Crippen LogP contribution in [0.5, 0.6) is 0 Å². The van der Waals surface area contributed by atoms with Crippen LogP contribution in [-0.2, 0) is 21.1 Å². The summed E-state index contributed by atoms with van der Waals surface area (Å²) in [7, 11) is -3.06. The van der Waals surface area contributed by atoms with Crippen LogP contribution in [0.15, 0.2) is 24.3 Å². The first-order valence-corrected chi connectivity index (χ1v) is 9.42. The second-order valence-electron chi connectivity index (χ2n) is 5.65. The molecule has 1 atom stereocenters. The number of nitrogens with one attached hydrogen (secondary N) is 3. The summed E-state index contributed by atoms with van der Waals surface area (Å²) < 4.78 is 35.3.